The number of hydrogen-bond donors (Lipinski definition) is 1. The van der Waals surface area contributed by atoms with Crippen molar-refractivity contribution < 1.29 is 0 Å². The van der Waals surface area contributed by atoms with Crippen LogP contribution in [0, 0.1) is 0 Å². The molecule has 0 radical (unpaired) electrons. The highest BCUT2D eigenvalue weighted by Crippen LogP contribution is 2.52. The van der Waals surface area contributed by atoms with Gasteiger partial charge in [0.2, 0.25) is 0 Å². The molecule has 0 aliphatic heterocycles. The maximum absolute atomic E-state index is 5.05. The summed E-state index contributed by atoms with van der Waals surface area (Å²) in [5.41, 5.74) is 4.35. The number of rotatable bonds is 3. The Hall–Kier alpha value is -0.993. The Morgan fingerprint density at radius 3 is 1.35 bits per heavy atom. The van der Waals surface area contributed by atoms with Crippen LogP contribution in [0.5, 0.6) is 0 Å². The van der Waals surface area contributed by atoms with Crippen molar-refractivity contribution >= 4 is 25.9 Å². The second kappa shape index (κ2) is 8.41. The minimum absolute atomic E-state index is 0.0630. The second-order valence-electron chi connectivity index (χ2n) is 13.5. The second-order valence-corrected chi connectivity index (χ2v) is 19.7. The van der Waals surface area contributed by atoms with Crippen molar-refractivity contribution in [1.82, 2.24) is 0 Å². The van der Waals surface area contributed by atoms with Crippen molar-refractivity contribution in [2.24, 2.45) is 0 Å². The molecule has 0 amide bonds. The van der Waals surface area contributed by atoms with Crippen LogP contribution in [0.1, 0.15) is 99.8 Å². The first-order valence-corrected chi connectivity index (χ1v) is 14.4. The van der Waals surface area contributed by atoms with Crippen LogP contribution in [0.2, 0.25) is 10.1 Å². The van der Waals surface area contributed by atoms with E-state index in [-0.39, 0.29) is 20.9 Å². The van der Waals surface area contributed by atoms with Crippen molar-refractivity contribution in [2.45, 2.75) is 115 Å². The Kier molecular flexibility index (Phi) is 7.13. The first-order valence-electron chi connectivity index (χ1n) is 11.7. The van der Waals surface area contributed by atoms with Crippen LogP contribution < -0.4 is 5.19 Å². The Bertz CT molecular complexity index is 848. The van der Waals surface area contributed by atoms with E-state index in [2.05, 4.69) is 126 Å². The van der Waals surface area contributed by atoms with Crippen LogP contribution >= 0.6 is 12.6 Å². The summed E-state index contributed by atoms with van der Waals surface area (Å²) >= 11 is 5.05. The van der Waals surface area contributed by atoms with E-state index in [0.717, 1.165) is 6.04 Å². The summed E-state index contributed by atoms with van der Waals surface area (Å²) in [4.78, 5) is 1.17. The molecule has 172 valence electrons. The third-order valence-corrected chi connectivity index (χ3v) is 14.9. The van der Waals surface area contributed by atoms with Crippen molar-refractivity contribution in [2.75, 3.05) is 0 Å². The molecule has 2 heteroatoms. The van der Waals surface area contributed by atoms with E-state index in [1.165, 1.54) is 21.6 Å². The topological polar surface area (TPSA) is 0 Å². The van der Waals surface area contributed by atoms with Gasteiger partial charge < -0.3 is 0 Å². The summed E-state index contributed by atoms with van der Waals surface area (Å²) in [7, 11) is -2.02. The van der Waals surface area contributed by atoms with Crippen LogP contribution in [-0.2, 0) is 16.9 Å². The fourth-order valence-electron chi connectivity index (χ4n) is 5.59. The summed E-state index contributed by atoms with van der Waals surface area (Å²) in [6.07, 6.45) is 0. The van der Waals surface area contributed by atoms with Gasteiger partial charge in [0, 0.05) is 4.90 Å². The molecule has 0 unspecified atom stereocenters. The van der Waals surface area contributed by atoms with E-state index in [9.17, 15) is 0 Å². The Balaban J connectivity index is 2.88. The molecular weight excluding hydrogens is 408 g/mol. The summed E-state index contributed by atoms with van der Waals surface area (Å²) in [5.74, 6) is 0. The van der Waals surface area contributed by atoms with Gasteiger partial charge in [-0.3, -0.25) is 0 Å². The fourth-order valence-corrected chi connectivity index (χ4v) is 13.2. The fraction of sp³-hybridized carbons (Fsp3) is 0.586. The molecule has 0 bridgehead atoms. The average molecular weight is 455 g/mol. The van der Waals surface area contributed by atoms with Gasteiger partial charge in [-0.15, -0.1) is 12.6 Å². The van der Waals surface area contributed by atoms with Gasteiger partial charge in [-0.2, -0.15) is 0 Å². The van der Waals surface area contributed by atoms with Gasteiger partial charge in [0.15, 0.2) is 0 Å². The molecule has 31 heavy (non-hydrogen) atoms. The minimum Gasteiger partial charge on any atom is -0.143 e. The first-order chi connectivity index (χ1) is 13.8. The van der Waals surface area contributed by atoms with Crippen molar-refractivity contribution in [1.29, 1.82) is 0 Å². The molecular formula is C29H46SSi. The van der Waals surface area contributed by atoms with Crippen LogP contribution in [0.4, 0.5) is 0 Å². The standard InChI is InChI=1S/C29H46SSi/c1-26(2,3)23-18-21(19-24(25(23)30)27(4,5)6)20-31(28(7,8)9,29(10,11)12)22-16-14-13-15-17-22/h13-19,30H,20H2,1-12H3. The normalized spacial score (nSPS) is 14.1. The van der Waals surface area contributed by atoms with Crippen molar-refractivity contribution in [3.63, 3.8) is 0 Å². The molecule has 0 nitrogen and oxygen atoms in total. The quantitative estimate of drug-likeness (QED) is 0.348. The maximum Gasteiger partial charge on any atom is 0.102 e. The van der Waals surface area contributed by atoms with Gasteiger partial charge in [-0.1, -0.05) is 131 Å². The van der Waals surface area contributed by atoms with Crippen molar-refractivity contribution in [3.05, 3.63) is 59.2 Å². The molecule has 0 heterocycles. The van der Waals surface area contributed by atoms with E-state index in [0.29, 0.717) is 0 Å². The molecule has 0 N–H and O–H groups in total. The molecule has 2 rings (SSSR count). The maximum atomic E-state index is 5.05. The highest BCUT2D eigenvalue weighted by molar-refractivity contribution is 7.80. The SMILES string of the molecule is CC(C)(C)c1cc(C[Si](c2ccccc2)(C(C)(C)C)C(C)(C)C)cc(C(C)(C)C)c1S. The average Bonchev–Trinajstić information content (AvgIpc) is 2.57. The van der Waals surface area contributed by atoms with Crippen LogP contribution in [0.25, 0.3) is 0 Å². The lowest BCUT2D eigenvalue weighted by Gasteiger charge is -2.53. The number of thiol groups is 1. The molecule has 0 saturated heterocycles. The Labute approximate surface area is 199 Å². The third kappa shape index (κ3) is 5.16. The summed E-state index contributed by atoms with van der Waals surface area (Å²) in [6.45, 7) is 28.7. The van der Waals surface area contributed by atoms with Crippen molar-refractivity contribution in [3.8, 4) is 0 Å². The lowest BCUT2D eigenvalue weighted by atomic mass is 9.79. The van der Waals surface area contributed by atoms with E-state index in [1.807, 2.05) is 0 Å². The molecule has 0 aromatic heterocycles. The summed E-state index contributed by atoms with van der Waals surface area (Å²) in [5, 5.41) is 2.01. The van der Waals surface area contributed by atoms with E-state index >= 15 is 0 Å². The highest BCUT2D eigenvalue weighted by atomic mass is 32.1. The first kappa shape index (κ1) is 26.3. The van der Waals surface area contributed by atoms with Gasteiger partial charge in [-0.25, -0.2) is 0 Å². The van der Waals surface area contributed by atoms with E-state index in [4.69, 9.17) is 12.6 Å². The van der Waals surface area contributed by atoms with Gasteiger partial charge in [0.1, 0.15) is 8.07 Å². The predicted octanol–water partition coefficient (Wildman–Crippen LogP) is 8.61. The van der Waals surface area contributed by atoms with Gasteiger partial charge in [0.05, 0.1) is 0 Å². The zero-order chi connectivity index (χ0) is 24.0. The highest BCUT2D eigenvalue weighted by Gasteiger charge is 2.53. The Morgan fingerprint density at radius 2 is 1.03 bits per heavy atom. The minimum atomic E-state index is -2.02. The van der Waals surface area contributed by atoms with Crippen LogP contribution in [0.3, 0.4) is 0 Å². The molecule has 0 fully saturated rings. The van der Waals surface area contributed by atoms with Gasteiger partial charge >= 0.3 is 0 Å². The van der Waals surface area contributed by atoms with Crippen LogP contribution in [-0.4, -0.2) is 8.07 Å². The third-order valence-electron chi connectivity index (χ3n) is 7.08. The lowest BCUT2D eigenvalue weighted by Crippen LogP contribution is -2.63. The molecule has 0 aliphatic rings. The number of hydrogen-bond acceptors (Lipinski definition) is 1. The number of benzene rings is 2. The summed E-state index contributed by atoms with van der Waals surface area (Å²) < 4.78 is 0. The Morgan fingerprint density at radius 1 is 0.645 bits per heavy atom. The summed E-state index contributed by atoms with van der Waals surface area (Å²) in [6, 6.07) is 17.5. The monoisotopic (exact) mass is 454 g/mol. The zero-order valence-electron chi connectivity index (χ0n) is 22.2. The van der Waals surface area contributed by atoms with Gasteiger partial charge in [0.25, 0.3) is 0 Å². The molecule has 2 aromatic rings. The van der Waals surface area contributed by atoms with Gasteiger partial charge in [-0.05, 0) is 43.6 Å². The molecule has 0 saturated carbocycles. The van der Waals surface area contributed by atoms with Crippen LogP contribution in [0.15, 0.2) is 47.4 Å². The molecule has 2 aromatic carbocycles. The predicted molar refractivity (Wildman–Crippen MR) is 146 cm³/mol. The molecule has 0 atom stereocenters. The van der Waals surface area contributed by atoms with E-state index in [1.54, 1.807) is 5.19 Å². The smallest absolute Gasteiger partial charge is 0.102 e. The molecule has 0 aliphatic carbocycles. The largest absolute Gasteiger partial charge is 0.143 e. The lowest BCUT2D eigenvalue weighted by molar-refractivity contribution is 0.545. The zero-order valence-corrected chi connectivity index (χ0v) is 24.1. The molecule has 0 spiro atoms. The van der Waals surface area contributed by atoms with E-state index < -0.39 is 8.07 Å².